The standard InChI is InChI=1S/C15H13ClN2O/c1-8-5-11(17)7-12(9(8)2)15-18-13-4-3-10(16)6-14(13)19-15/h3-7H,17H2,1-2H3. The summed E-state index contributed by atoms with van der Waals surface area (Å²) in [5.74, 6) is 0.574. The quantitative estimate of drug-likeness (QED) is 0.670. The van der Waals surface area contributed by atoms with Gasteiger partial charge in [0, 0.05) is 22.3 Å². The zero-order valence-corrected chi connectivity index (χ0v) is 11.5. The summed E-state index contributed by atoms with van der Waals surface area (Å²) >= 11 is 5.95. The number of aromatic nitrogens is 1. The van der Waals surface area contributed by atoms with E-state index in [1.54, 1.807) is 12.1 Å². The van der Waals surface area contributed by atoms with Crippen LogP contribution in [0.15, 0.2) is 34.7 Å². The molecule has 0 saturated carbocycles. The molecule has 0 aliphatic heterocycles. The Bertz CT molecular complexity index is 777. The Balaban J connectivity index is 2.24. The van der Waals surface area contributed by atoms with E-state index in [-0.39, 0.29) is 0 Å². The van der Waals surface area contributed by atoms with Crippen LogP contribution in [0.1, 0.15) is 11.1 Å². The highest BCUT2D eigenvalue weighted by Crippen LogP contribution is 2.31. The maximum absolute atomic E-state index is 5.95. The van der Waals surface area contributed by atoms with Gasteiger partial charge in [0.05, 0.1) is 0 Å². The SMILES string of the molecule is Cc1cc(N)cc(-c2nc3ccc(Cl)cc3o2)c1C. The highest BCUT2D eigenvalue weighted by Gasteiger charge is 2.12. The molecule has 0 radical (unpaired) electrons. The molecule has 19 heavy (non-hydrogen) atoms. The van der Waals surface area contributed by atoms with Crippen LogP contribution >= 0.6 is 11.6 Å². The second kappa shape index (κ2) is 4.28. The fourth-order valence-corrected chi connectivity index (χ4v) is 2.29. The highest BCUT2D eigenvalue weighted by atomic mass is 35.5. The molecular weight excluding hydrogens is 260 g/mol. The molecule has 0 aliphatic rings. The van der Waals surface area contributed by atoms with Crippen LogP contribution in [-0.4, -0.2) is 4.98 Å². The summed E-state index contributed by atoms with van der Waals surface area (Å²) < 4.78 is 5.77. The van der Waals surface area contributed by atoms with Gasteiger partial charge in [-0.1, -0.05) is 11.6 Å². The number of anilines is 1. The minimum Gasteiger partial charge on any atom is -0.436 e. The molecule has 1 aromatic heterocycles. The van der Waals surface area contributed by atoms with Crippen LogP contribution < -0.4 is 5.73 Å². The molecule has 0 spiro atoms. The lowest BCUT2D eigenvalue weighted by Crippen LogP contribution is -1.92. The van der Waals surface area contributed by atoms with Crippen molar-refractivity contribution in [2.45, 2.75) is 13.8 Å². The van der Waals surface area contributed by atoms with Crippen LogP contribution in [0.2, 0.25) is 5.02 Å². The van der Waals surface area contributed by atoms with E-state index in [1.807, 2.05) is 32.0 Å². The van der Waals surface area contributed by atoms with Crippen LogP contribution in [0.4, 0.5) is 5.69 Å². The number of halogens is 1. The fourth-order valence-electron chi connectivity index (χ4n) is 2.12. The number of hydrogen-bond donors (Lipinski definition) is 1. The van der Waals surface area contributed by atoms with Gasteiger partial charge in [-0.3, -0.25) is 0 Å². The molecule has 0 unspecified atom stereocenters. The molecule has 0 atom stereocenters. The first-order valence-electron chi connectivity index (χ1n) is 5.98. The van der Waals surface area contributed by atoms with Gasteiger partial charge in [-0.2, -0.15) is 0 Å². The molecule has 0 bridgehead atoms. The van der Waals surface area contributed by atoms with Crippen molar-refractivity contribution in [2.75, 3.05) is 5.73 Å². The van der Waals surface area contributed by atoms with Crippen molar-refractivity contribution in [3.63, 3.8) is 0 Å². The zero-order valence-electron chi connectivity index (χ0n) is 10.7. The van der Waals surface area contributed by atoms with E-state index >= 15 is 0 Å². The summed E-state index contributed by atoms with van der Waals surface area (Å²) in [5.41, 5.74) is 11.2. The van der Waals surface area contributed by atoms with Crippen LogP contribution in [0.25, 0.3) is 22.6 Å². The lowest BCUT2D eigenvalue weighted by molar-refractivity contribution is 0.619. The average Bonchev–Trinajstić information content (AvgIpc) is 2.76. The average molecular weight is 273 g/mol. The number of aryl methyl sites for hydroxylation is 1. The molecule has 0 aliphatic carbocycles. The summed E-state index contributed by atoms with van der Waals surface area (Å²) in [6.07, 6.45) is 0. The summed E-state index contributed by atoms with van der Waals surface area (Å²) in [7, 11) is 0. The van der Waals surface area contributed by atoms with E-state index in [0.717, 1.165) is 22.2 Å². The van der Waals surface area contributed by atoms with Gasteiger partial charge in [-0.05, 0) is 49.2 Å². The summed E-state index contributed by atoms with van der Waals surface area (Å²) in [5, 5.41) is 0.635. The first-order chi connectivity index (χ1) is 9.04. The second-order valence-electron chi connectivity index (χ2n) is 4.64. The Hall–Kier alpha value is -2.00. The Morgan fingerprint density at radius 2 is 1.95 bits per heavy atom. The van der Waals surface area contributed by atoms with Gasteiger partial charge in [0.1, 0.15) is 5.52 Å². The molecule has 1 heterocycles. The minimum absolute atomic E-state index is 0.574. The van der Waals surface area contributed by atoms with Gasteiger partial charge in [-0.15, -0.1) is 0 Å². The van der Waals surface area contributed by atoms with E-state index < -0.39 is 0 Å². The van der Waals surface area contributed by atoms with Gasteiger partial charge < -0.3 is 10.2 Å². The lowest BCUT2D eigenvalue weighted by Gasteiger charge is -2.06. The smallest absolute Gasteiger partial charge is 0.227 e. The molecule has 2 aromatic carbocycles. The second-order valence-corrected chi connectivity index (χ2v) is 5.08. The van der Waals surface area contributed by atoms with Crippen LogP contribution in [0.5, 0.6) is 0 Å². The van der Waals surface area contributed by atoms with Crippen molar-refractivity contribution < 1.29 is 4.42 Å². The molecule has 3 rings (SSSR count). The van der Waals surface area contributed by atoms with Crippen LogP contribution in [0.3, 0.4) is 0 Å². The highest BCUT2D eigenvalue weighted by molar-refractivity contribution is 6.31. The van der Waals surface area contributed by atoms with Crippen molar-refractivity contribution in [3.8, 4) is 11.5 Å². The Morgan fingerprint density at radius 3 is 2.74 bits per heavy atom. The number of benzene rings is 2. The van der Waals surface area contributed by atoms with Gasteiger partial charge in [-0.25, -0.2) is 4.98 Å². The largest absolute Gasteiger partial charge is 0.436 e. The van der Waals surface area contributed by atoms with Crippen molar-refractivity contribution >= 4 is 28.4 Å². The van der Waals surface area contributed by atoms with E-state index in [2.05, 4.69) is 4.98 Å². The molecule has 0 saturated heterocycles. The van der Waals surface area contributed by atoms with E-state index in [1.165, 1.54) is 0 Å². The predicted molar refractivity (Wildman–Crippen MR) is 78.3 cm³/mol. The number of rotatable bonds is 1. The fraction of sp³-hybridized carbons (Fsp3) is 0.133. The van der Waals surface area contributed by atoms with E-state index in [9.17, 15) is 0 Å². The van der Waals surface area contributed by atoms with Crippen LogP contribution in [0, 0.1) is 13.8 Å². The third-order valence-corrected chi connectivity index (χ3v) is 3.51. The number of hydrogen-bond acceptors (Lipinski definition) is 3. The summed E-state index contributed by atoms with van der Waals surface area (Å²) in [6.45, 7) is 4.06. The Kier molecular flexibility index (Phi) is 2.72. The topological polar surface area (TPSA) is 52.0 Å². The molecular formula is C15H13ClN2O. The van der Waals surface area contributed by atoms with Crippen molar-refractivity contribution in [1.82, 2.24) is 4.98 Å². The lowest BCUT2D eigenvalue weighted by atomic mass is 10.0. The van der Waals surface area contributed by atoms with E-state index in [4.69, 9.17) is 21.8 Å². The summed E-state index contributed by atoms with van der Waals surface area (Å²) in [6, 6.07) is 9.24. The molecule has 3 nitrogen and oxygen atoms in total. The molecule has 2 N–H and O–H groups in total. The number of nitrogens with zero attached hydrogens (tertiary/aromatic N) is 1. The zero-order chi connectivity index (χ0) is 13.6. The number of nitrogen functional groups attached to an aromatic ring is 1. The molecule has 4 heteroatoms. The molecule has 0 fully saturated rings. The van der Waals surface area contributed by atoms with Gasteiger partial charge in [0.25, 0.3) is 0 Å². The number of fused-ring (bicyclic) bond motifs is 1. The molecule has 0 amide bonds. The molecule has 96 valence electrons. The third kappa shape index (κ3) is 2.06. The van der Waals surface area contributed by atoms with Crippen LogP contribution in [-0.2, 0) is 0 Å². The summed E-state index contributed by atoms with van der Waals surface area (Å²) in [4.78, 5) is 4.49. The van der Waals surface area contributed by atoms with Gasteiger partial charge in [0.15, 0.2) is 5.58 Å². The van der Waals surface area contributed by atoms with E-state index in [0.29, 0.717) is 22.2 Å². The first kappa shape index (κ1) is 12.1. The number of nitrogens with two attached hydrogens (primary N) is 1. The minimum atomic E-state index is 0.574. The van der Waals surface area contributed by atoms with Crippen molar-refractivity contribution in [1.29, 1.82) is 0 Å². The van der Waals surface area contributed by atoms with Crippen molar-refractivity contribution in [2.24, 2.45) is 0 Å². The van der Waals surface area contributed by atoms with Gasteiger partial charge >= 0.3 is 0 Å². The Morgan fingerprint density at radius 1 is 1.16 bits per heavy atom. The predicted octanol–water partition coefficient (Wildman–Crippen LogP) is 4.35. The third-order valence-electron chi connectivity index (χ3n) is 3.27. The van der Waals surface area contributed by atoms with Crippen molar-refractivity contribution in [3.05, 3.63) is 46.5 Å². The first-order valence-corrected chi connectivity index (χ1v) is 6.35. The molecule has 3 aromatic rings. The monoisotopic (exact) mass is 272 g/mol. The maximum Gasteiger partial charge on any atom is 0.227 e. The normalized spacial score (nSPS) is 11.1. The maximum atomic E-state index is 5.95. The Labute approximate surface area is 116 Å². The number of oxazole rings is 1. The van der Waals surface area contributed by atoms with Gasteiger partial charge in [0.2, 0.25) is 5.89 Å².